The third-order valence-electron chi connectivity index (χ3n) is 6.84. The van der Waals surface area contributed by atoms with Crippen molar-refractivity contribution in [2.45, 2.75) is 70.6 Å². The number of aromatic nitrogens is 3. The third kappa shape index (κ3) is 6.68. The van der Waals surface area contributed by atoms with Crippen LogP contribution in [0.15, 0.2) is 23.2 Å². The van der Waals surface area contributed by atoms with Crippen LogP contribution in [-0.4, -0.2) is 58.2 Å². The molecule has 0 saturated carbocycles. The highest BCUT2D eigenvalue weighted by Gasteiger charge is 2.26. The SMILES string of the molecule is Cc1[nH]ncc1CCCNC(=O)c1csc(C2CCN(C(=O)NCCC3=CCCCC3)CC2)n1. The van der Waals surface area contributed by atoms with Crippen LogP contribution in [0.5, 0.6) is 0 Å². The van der Waals surface area contributed by atoms with E-state index in [9.17, 15) is 9.59 Å². The lowest BCUT2D eigenvalue weighted by atomic mass is 9.97. The maximum atomic E-state index is 12.5. The topological polar surface area (TPSA) is 103 Å². The van der Waals surface area contributed by atoms with E-state index in [-0.39, 0.29) is 11.9 Å². The number of hydrogen-bond acceptors (Lipinski definition) is 5. The van der Waals surface area contributed by atoms with E-state index in [4.69, 9.17) is 0 Å². The number of amides is 3. The number of aryl methyl sites for hydroxylation is 2. The molecule has 4 rings (SSSR count). The predicted octanol–water partition coefficient (Wildman–Crippen LogP) is 4.32. The molecule has 3 heterocycles. The van der Waals surface area contributed by atoms with Crippen molar-refractivity contribution >= 4 is 23.3 Å². The number of nitrogens with zero attached hydrogens (tertiary/aromatic N) is 3. The van der Waals surface area contributed by atoms with E-state index in [2.05, 4.69) is 31.9 Å². The Labute approximate surface area is 205 Å². The summed E-state index contributed by atoms with van der Waals surface area (Å²) in [7, 11) is 0. The molecular weight excluding hydrogens is 448 g/mol. The molecule has 9 heteroatoms. The average molecular weight is 485 g/mol. The van der Waals surface area contributed by atoms with Crippen molar-refractivity contribution in [1.29, 1.82) is 0 Å². The molecule has 3 N–H and O–H groups in total. The van der Waals surface area contributed by atoms with E-state index < -0.39 is 0 Å². The van der Waals surface area contributed by atoms with Gasteiger partial charge in [0.1, 0.15) is 5.69 Å². The molecule has 0 atom stereocenters. The second-order valence-corrected chi connectivity index (χ2v) is 10.2. The highest BCUT2D eigenvalue weighted by molar-refractivity contribution is 7.09. The van der Waals surface area contributed by atoms with Gasteiger partial charge in [-0.25, -0.2) is 9.78 Å². The van der Waals surface area contributed by atoms with E-state index in [1.807, 2.05) is 23.4 Å². The zero-order chi connectivity index (χ0) is 23.8. The molecule has 0 aromatic carbocycles. The van der Waals surface area contributed by atoms with Crippen molar-refractivity contribution in [3.8, 4) is 0 Å². The number of hydrogen-bond donors (Lipinski definition) is 3. The van der Waals surface area contributed by atoms with E-state index in [0.717, 1.165) is 62.4 Å². The number of likely N-dealkylation sites (tertiary alicyclic amines) is 1. The molecule has 34 heavy (non-hydrogen) atoms. The quantitative estimate of drug-likeness (QED) is 0.364. The van der Waals surface area contributed by atoms with Gasteiger partial charge in [0, 0.05) is 43.2 Å². The van der Waals surface area contributed by atoms with Crippen molar-refractivity contribution < 1.29 is 9.59 Å². The normalized spacial score (nSPS) is 16.9. The predicted molar refractivity (Wildman–Crippen MR) is 134 cm³/mol. The molecule has 1 fully saturated rings. The van der Waals surface area contributed by atoms with Crippen LogP contribution in [0.25, 0.3) is 0 Å². The minimum absolute atomic E-state index is 0.0414. The van der Waals surface area contributed by atoms with E-state index in [0.29, 0.717) is 18.2 Å². The van der Waals surface area contributed by atoms with Crippen LogP contribution in [0.3, 0.4) is 0 Å². The summed E-state index contributed by atoms with van der Waals surface area (Å²) >= 11 is 1.55. The second kappa shape index (κ2) is 12.1. The van der Waals surface area contributed by atoms with Gasteiger partial charge < -0.3 is 15.5 Å². The summed E-state index contributed by atoms with van der Waals surface area (Å²) in [6.45, 7) is 4.80. The number of H-pyrrole nitrogens is 1. The van der Waals surface area contributed by atoms with Crippen LogP contribution in [-0.2, 0) is 6.42 Å². The fourth-order valence-electron chi connectivity index (χ4n) is 4.68. The lowest BCUT2D eigenvalue weighted by Gasteiger charge is -2.31. The molecule has 8 nitrogen and oxygen atoms in total. The molecule has 0 unspecified atom stereocenters. The molecule has 3 amide bonds. The van der Waals surface area contributed by atoms with Crippen LogP contribution in [0.4, 0.5) is 4.79 Å². The molecule has 1 aliphatic carbocycles. The number of piperidine rings is 1. The molecule has 2 aliphatic rings. The molecule has 1 saturated heterocycles. The summed E-state index contributed by atoms with van der Waals surface area (Å²) in [5.74, 6) is 0.198. The second-order valence-electron chi connectivity index (χ2n) is 9.30. The largest absolute Gasteiger partial charge is 0.351 e. The lowest BCUT2D eigenvalue weighted by Crippen LogP contribution is -2.44. The monoisotopic (exact) mass is 484 g/mol. The Bertz CT molecular complexity index is 989. The number of rotatable bonds is 9. The summed E-state index contributed by atoms with van der Waals surface area (Å²) in [4.78, 5) is 31.5. The summed E-state index contributed by atoms with van der Waals surface area (Å²) in [6.07, 6.45) is 13.6. The van der Waals surface area contributed by atoms with Crippen LogP contribution in [0.1, 0.15) is 84.0 Å². The van der Waals surface area contributed by atoms with Gasteiger partial charge >= 0.3 is 6.03 Å². The highest BCUT2D eigenvalue weighted by Crippen LogP contribution is 2.30. The van der Waals surface area contributed by atoms with Crippen molar-refractivity contribution in [2.24, 2.45) is 0 Å². The summed E-state index contributed by atoms with van der Waals surface area (Å²) in [5, 5.41) is 15.9. The maximum Gasteiger partial charge on any atom is 0.317 e. The minimum atomic E-state index is -0.115. The maximum absolute atomic E-state index is 12.5. The van der Waals surface area contributed by atoms with Gasteiger partial charge in [0.05, 0.1) is 11.2 Å². The Kier molecular flexibility index (Phi) is 8.73. The Morgan fingerprint density at radius 1 is 1.18 bits per heavy atom. The first-order valence-corrected chi connectivity index (χ1v) is 13.4. The number of carbonyl (C=O) groups is 2. The Morgan fingerprint density at radius 2 is 2.03 bits per heavy atom. The van der Waals surface area contributed by atoms with E-state index >= 15 is 0 Å². The number of nitrogens with one attached hydrogen (secondary N) is 3. The van der Waals surface area contributed by atoms with Gasteiger partial charge in [-0.3, -0.25) is 9.89 Å². The molecule has 0 radical (unpaired) electrons. The summed E-state index contributed by atoms with van der Waals surface area (Å²) in [5.41, 5.74) is 4.25. The molecule has 0 bridgehead atoms. The molecule has 2 aromatic heterocycles. The van der Waals surface area contributed by atoms with Gasteiger partial charge in [-0.15, -0.1) is 11.3 Å². The number of allylic oxidation sites excluding steroid dienone is 1. The highest BCUT2D eigenvalue weighted by atomic mass is 32.1. The smallest absolute Gasteiger partial charge is 0.317 e. The first kappa shape index (κ1) is 24.4. The lowest BCUT2D eigenvalue weighted by molar-refractivity contribution is 0.0948. The summed E-state index contributed by atoms with van der Waals surface area (Å²) < 4.78 is 0. The Hall–Kier alpha value is -2.68. The molecule has 0 spiro atoms. The van der Waals surface area contributed by atoms with Crippen molar-refractivity contribution in [1.82, 2.24) is 30.7 Å². The van der Waals surface area contributed by atoms with Gasteiger partial charge in [-0.1, -0.05) is 11.6 Å². The van der Waals surface area contributed by atoms with Gasteiger partial charge in [0.15, 0.2) is 0 Å². The minimum Gasteiger partial charge on any atom is -0.351 e. The summed E-state index contributed by atoms with van der Waals surface area (Å²) in [6, 6.07) is 0.0414. The van der Waals surface area contributed by atoms with Crippen LogP contribution in [0.2, 0.25) is 0 Å². The van der Waals surface area contributed by atoms with Gasteiger partial charge in [0.2, 0.25) is 0 Å². The molecular formula is C25H36N6O2S. The third-order valence-corrected chi connectivity index (χ3v) is 7.84. The van der Waals surface area contributed by atoms with Crippen LogP contribution < -0.4 is 10.6 Å². The van der Waals surface area contributed by atoms with Crippen molar-refractivity contribution in [3.05, 3.63) is 45.2 Å². The Balaban J connectivity index is 1.15. The van der Waals surface area contributed by atoms with Crippen molar-refractivity contribution in [3.63, 3.8) is 0 Å². The zero-order valence-corrected chi connectivity index (χ0v) is 20.9. The van der Waals surface area contributed by atoms with Crippen molar-refractivity contribution in [2.75, 3.05) is 26.2 Å². The fourth-order valence-corrected chi connectivity index (χ4v) is 5.65. The first-order chi connectivity index (χ1) is 16.6. The standard InChI is InChI=1S/C25H36N6O2S/c1-18-21(16-28-30-18)8-5-12-26-23(32)22-17-34-24(29-22)20-10-14-31(15-11-20)25(33)27-13-9-19-6-3-2-4-7-19/h6,16-17,20H,2-5,7-15H2,1H3,(H,26,32)(H,27,33)(H,28,30). The van der Waals surface area contributed by atoms with E-state index in [1.165, 1.54) is 36.8 Å². The Morgan fingerprint density at radius 3 is 2.76 bits per heavy atom. The number of aromatic amines is 1. The van der Waals surface area contributed by atoms with Gasteiger partial charge in [-0.2, -0.15) is 5.10 Å². The molecule has 1 aliphatic heterocycles. The first-order valence-electron chi connectivity index (χ1n) is 12.5. The number of carbonyl (C=O) groups excluding carboxylic acids is 2. The number of urea groups is 1. The van der Waals surface area contributed by atoms with E-state index in [1.54, 1.807) is 11.3 Å². The van der Waals surface area contributed by atoms with Gasteiger partial charge in [0.25, 0.3) is 5.91 Å². The van der Waals surface area contributed by atoms with Gasteiger partial charge in [-0.05, 0) is 70.3 Å². The fraction of sp³-hybridized carbons (Fsp3) is 0.600. The zero-order valence-electron chi connectivity index (χ0n) is 20.1. The molecule has 184 valence electrons. The van der Waals surface area contributed by atoms with Crippen LogP contribution >= 0.6 is 11.3 Å². The average Bonchev–Trinajstić information content (AvgIpc) is 3.52. The van der Waals surface area contributed by atoms with Crippen LogP contribution in [0, 0.1) is 6.92 Å². The number of thiazole rings is 1. The molecule has 2 aromatic rings.